The van der Waals surface area contributed by atoms with Crippen LogP contribution in [0.5, 0.6) is 0 Å². The zero-order valence-electron chi connectivity index (χ0n) is 11.1. The summed E-state index contributed by atoms with van der Waals surface area (Å²) in [5, 5.41) is 10.2. The van der Waals surface area contributed by atoms with Gasteiger partial charge < -0.3 is 4.42 Å². The fraction of sp³-hybridized carbons (Fsp3) is 0.0667. The van der Waals surface area contributed by atoms with Crippen LogP contribution in [0.2, 0.25) is 15.1 Å². The summed E-state index contributed by atoms with van der Waals surface area (Å²) in [5.74, 6) is 1.06. The molecule has 0 aliphatic carbocycles. The number of thioether (sulfide) groups is 1. The Labute approximate surface area is 146 Å². The van der Waals surface area contributed by atoms with Crippen LogP contribution in [0.4, 0.5) is 0 Å². The van der Waals surface area contributed by atoms with Crippen molar-refractivity contribution in [3.8, 4) is 11.5 Å². The van der Waals surface area contributed by atoms with E-state index in [4.69, 9.17) is 39.2 Å². The summed E-state index contributed by atoms with van der Waals surface area (Å²) >= 11 is 19.4. The molecule has 2 aromatic carbocycles. The van der Waals surface area contributed by atoms with Crippen LogP contribution in [0.15, 0.2) is 52.1 Å². The second-order valence-electron chi connectivity index (χ2n) is 4.42. The normalized spacial score (nSPS) is 10.9. The molecule has 0 saturated heterocycles. The van der Waals surface area contributed by atoms with Gasteiger partial charge in [-0.15, -0.1) is 10.2 Å². The molecule has 1 heterocycles. The first-order valence-corrected chi connectivity index (χ1v) is 8.40. The number of nitrogens with zero attached hydrogens (tertiary/aromatic N) is 2. The fourth-order valence-electron chi connectivity index (χ4n) is 1.81. The Morgan fingerprint density at radius 1 is 0.955 bits per heavy atom. The van der Waals surface area contributed by atoms with Crippen LogP contribution in [0.3, 0.4) is 0 Å². The molecule has 0 atom stereocenters. The quantitative estimate of drug-likeness (QED) is 0.528. The van der Waals surface area contributed by atoms with Crippen molar-refractivity contribution in [1.29, 1.82) is 0 Å². The standard InChI is InChI=1S/C15H9Cl3N2OS/c16-10-3-1-2-9(6-10)8-22-15-20-19-14(21-15)12-5-4-11(17)7-13(12)18/h1-7H,8H2. The van der Waals surface area contributed by atoms with Gasteiger partial charge in [-0.1, -0.05) is 58.7 Å². The number of aromatic nitrogens is 2. The Hall–Kier alpha value is -1.20. The maximum atomic E-state index is 6.13. The van der Waals surface area contributed by atoms with Gasteiger partial charge in [-0.05, 0) is 35.9 Å². The minimum atomic E-state index is 0.371. The molecule has 3 nitrogen and oxygen atoms in total. The largest absolute Gasteiger partial charge is 0.411 e. The smallest absolute Gasteiger partial charge is 0.277 e. The van der Waals surface area contributed by atoms with Crippen molar-refractivity contribution < 1.29 is 4.42 Å². The van der Waals surface area contributed by atoms with Crippen LogP contribution < -0.4 is 0 Å². The Balaban J connectivity index is 1.73. The summed E-state index contributed by atoms with van der Waals surface area (Å²) in [6.45, 7) is 0. The van der Waals surface area contributed by atoms with E-state index in [0.717, 1.165) is 5.56 Å². The zero-order valence-corrected chi connectivity index (χ0v) is 14.2. The van der Waals surface area contributed by atoms with E-state index in [0.29, 0.717) is 37.5 Å². The van der Waals surface area contributed by atoms with E-state index in [-0.39, 0.29) is 0 Å². The molecule has 7 heteroatoms. The van der Waals surface area contributed by atoms with Crippen molar-refractivity contribution in [3.05, 3.63) is 63.1 Å². The third kappa shape index (κ3) is 3.76. The molecule has 0 saturated carbocycles. The van der Waals surface area contributed by atoms with Crippen LogP contribution in [0.1, 0.15) is 5.56 Å². The van der Waals surface area contributed by atoms with E-state index >= 15 is 0 Å². The topological polar surface area (TPSA) is 38.9 Å². The Morgan fingerprint density at radius 2 is 1.77 bits per heavy atom. The van der Waals surface area contributed by atoms with Crippen LogP contribution in [-0.2, 0) is 5.75 Å². The highest BCUT2D eigenvalue weighted by Crippen LogP contribution is 2.31. The number of halogens is 3. The highest BCUT2D eigenvalue weighted by molar-refractivity contribution is 7.98. The molecule has 22 heavy (non-hydrogen) atoms. The van der Waals surface area contributed by atoms with Crippen LogP contribution >= 0.6 is 46.6 Å². The molecule has 3 aromatic rings. The van der Waals surface area contributed by atoms with Gasteiger partial charge in [0, 0.05) is 15.8 Å². The molecule has 0 N–H and O–H groups in total. The Bertz CT molecular complexity index is 807. The van der Waals surface area contributed by atoms with Crippen LogP contribution in [0, 0.1) is 0 Å². The maximum absolute atomic E-state index is 6.13. The molecule has 0 radical (unpaired) electrons. The molecule has 0 aliphatic heterocycles. The van der Waals surface area contributed by atoms with Crippen molar-refractivity contribution in [2.24, 2.45) is 0 Å². The Morgan fingerprint density at radius 3 is 2.55 bits per heavy atom. The third-order valence-electron chi connectivity index (χ3n) is 2.82. The summed E-state index contributed by atoms with van der Waals surface area (Å²) in [5.41, 5.74) is 1.75. The van der Waals surface area contributed by atoms with Gasteiger partial charge in [-0.25, -0.2) is 0 Å². The SMILES string of the molecule is Clc1cccc(CSc2nnc(-c3ccc(Cl)cc3Cl)o2)c1. The highest BCUT2D eigenvalue weighted by Gasteiger charge is 2.12. The minimum absolute atomic E-state index is 0.371. The summed E-state index contributed by atoms with van der Waals surface area (Å²) in [7, 11) is 0. The van der Waals surface area contributed by atoms with Gasteiger partial charge >= 0.3 is 0 Å². The van der Waals surface area contributed by atoms with Crippen molar-refractivity contribution in [2.45, 2.75) is 11.0 Å². The van der Waals surface area contributed by atoms with Gasteiger partial charge in [0.2, 0.25) is 5.89 Å². The van der Waals surface area contributed by atoms with Crippen LogP contribution in [-0.4, -0.2) is 10.2 Å². The van der Waals surface area contributed by atoms with Gasteiger partial charge in [0.05, 0.1) is 10.6 Å². The first-order valence-electron chi connectivity index (χ1n) is 6.28. The second kappa shape index (κ2) is 6.92. The van der Waals surface area contributed by atoms with Crippen LogP contribution in [0.25, 0.3) is 11.5 Å². The molecule has 0 spiro atoms. The first-order chi connectivity index (χ1) is 10.6. The molecule has 0 unspecified atom stereocenters. The molecule has 0 bridgehead atoms. The summed E-state index contributed by atoms with van der Waals surface area (Å²) in [6, 6.07) is 12.8. The molecule has 3 rings (SSSR count). The average Bonchev–Trinajstić information content (AvgIpc) is 2.94. The van der Waals surface area contributed by atoms with Crippen molar-refractivity contribution in [2.75, 3.05) is 0 Å². The maximum Gasteiger partial charge on any atom is 0.277 e. The molecule has 0 aliphatic rings. The van der Waals surface area contributed by atoms with Gasteiger partial charge in [-0.2, -0.15) is 0 Å². The molecular weight excluding hydrogens is 363 g/mol. The Kier molecular flexibility index (Phi) is 4.93. The molecular formula is C15H9Cl3N2OS. The average molecular weight is 372 g/mol. The van der Waals surface area contributed by atoms with Crippen molar-refractivity contribution in [1.82, 2.24) is 10.2 Å². The first kappa shape index (κ1) is 15.7. The van der Waals surface area contributed by atoms with E-state index in [2.05, 4.69) is 10.2 Å². The van der Waals surface area contributed by atoms with E-state index in [1.165, 1.54) is 11.8 Å². The zero-order chi connectivity index (χ0) is 15.5. The van der Waals surface area contributed by atoms with E-state index < -0.39 is 0 Å². The number of hydrogen-bond acceptors (Lipinski definition) is 4. The predicted octanol–water partition coefficient (Wildman–Crippen LogP) is 5.99. The monoisotopic (exact) mass is 370 g/mol. The van der Waals surface area contributed by atoms with Gasteiger partial charge in [0.15, 0.2) is 0 Å². The third-order valence-corrected chi connectivity index (χ3v) is 4.49. The lowest BCUT2D eigenvalue weighted by molar-refractivity contribution is 0.466. The second-order valence-corrected chi connectivity index (χ2v) is 6.62. The molecule has 1 aromatic heterocycles. The summed E-state index contributed by atoms with van der Waals surface area (Å²) in [6.07, 6.45) is 0. The lowest BCUT2D eigenvalue weighted by Crippen LogP contribution is -1.80. The number of hydrogen-bond donors (Lipinski definition) is 0. The fourth-order valence-corrected chi connectivity index (χ4v) is 3.22. The van der Waals surface area contributed by atoms with E-state index in [1.807, 2.05) is 24.3 Å². The van der Waals surface area contributed by atoms with Gasteiger partial charge in [-0.3, -0.25) is 0 Å². The predicted molar refractivity (Wildman–Crippen MR) is 90.8 cm³/mol. The highest BCUT2D eigenvalue weighted by atomic mass is 35.5. The lowest BCUT2D eigenvalue weighted by Gasteiger charge is -2.00. The minimum Gasteiger partial charge on any atom is -0.411 e. The molecule has 0 amide bonds. The number of benzene rings is 2. The van der Waals surface area contributed by atoms with Gasteiger partial charge in [0.25, 0.3) is 5.22 Å². The summed E-state index contributed by atoms with van der Waals surface area (Å²) in [4.78, 5) is 0. The van der Waals surface area contributed by atoms with E-state index in [1.54, 1.807) is 18.2 Å². The van der Waals surface area contributed by atoms with E-state index in [9.17, 15) is 0 Å². The lowest BCUT2D eigenvalue weighted by atomic mass is 10.2. The number of rotatable bonds is 4. The van der Waals surface area contributed by atoms with Gasteiger partial charge in [0.1, 0.15) is 0 Å². The molecule has 0 fully saturated rings. The van der Waals surface area contributed by atoms with Crippen molar-refractivity contribution >= 4 is 46.6 Å². The van der Waals surface area contributed by atoms with Crippen molar-refractivity contribution in [3.63, 3.8) is 0 Å². The molecule has 112 valence electrons. The summed E-state index contributed by atoms with van der Waals surface area (Å²) < 4.78 is 5.62.